The molecule has 9 heteroatoms. The largest absolute Gasteiger partial charge is 0.495 e. The first kappa shape index (κ1) is 21.1. The second kappa shape index (κ2) is 8.82. The van der Waals surface area contributed by atoms with Crippen molar-refractivity contribution in [3.05, 3.63) is 52.0 Å². The van der Waals surface area contributed by atoms with E-state index >= 15 is 0 Å². The van der Waals surface area contributed by atoms with Gasteiger partial charge in [0.2, 0.25) is 15.9 Å². The van der Waals surface area contributed by atoms with Crippen molar-refractivity contribution in [2.45, 2.75) is 17.7 Å². The van der Waals surface area contributed by atoms with Gasteiger partial charge in [-0.1, -0.05) is 23.7 Å². The highest BCUT2D eigenvalue weighted by Crippen LogP contribution is 2.31. The number of hydrogen-bond donors (Lipinski definition) is 1. The molecule has 0 saturated carbocycles. The number of nitrogens with one attached hydrogen (secondary N) is 1. The second-order valence-corrected chi connectivity index (χ2v) is 9.67. The summed E-state index contributed by atoms with van der Waals surface area (Å²) in [5.41, 5.74) is 0.661. The van der Waals surface area contributed by atoms with E-state index in [-0.39, 0.29) is 22.4 Å². The monoisotopic (exact) mass is 486 g/mol. The summed E-state index contributed by atoms with van der Waals surface area (Å²) in [5, 5.41) is 3.10. The van der Waals surface area contributed by atoms with Crippen LogP contribution in [-0.2, 0) is 14.8 Å². The number of nitrogens with zero attached hydrogens (tertiary/aromatic N) is 1. The number of hydrogen-bond acceptors (Lipinski definition) is 4. The Kier molecular flexibility index (Phi) is 6.65. The number of para-hydroxylation sites is 1. The number of halogens is 2. The number of carbonyl (C=O) groups is 1. The minimum absolute atomic E-state index is 0.0881. The van der Waals surface area contributed by atoms with Crippen molar-refractivity contribution in [1.82, 2.24) is 4.31 Å². The van der Waals surface area contributed by atoms with Crippen LogP contribution in [0, 0.1) is 5.92 Å². The van der Waals surface area contributed by atoms with Crippen molar-refractivity contribution in [1.29, 1.82) is 0 Å². The SMILES string of the molecule is COc1ccc(S(=O)(=O)N2CCCC(C(=O)Nc3ccccc3Br)C2)cc1Cl. The van der Waals surface area contributed by atoms with Crippen LogP contribution in [0.4, 0.5) is 5.69 Å². The summed E-state index contributed by atoms with van der Waals surface area (Å²) in [4.78, 5) is 12.8. The molecule has 6 nitrogen and oxygen atoms in total. The average molecular weight is 488 g/mol. The molecule has 0 spiro atoms. The van der Waals surface area contributed by atoms with Gasteiger partial charge in [-0.05, 0) is 59.1 Å². The van der Waals surface area contributed by atoms with E-state index in [0.717, 1.165) is 4.47 Å². The molecule has 1 aliphatic heterocycles. The molecule has 1 heterocycles. The number of amides is 1. The molecule has 1 N–H and O–H groups in total. The molecule has 150 valence electrons. The van der Waals surface area contributed by atoms with Crippen LogP contribution in [0.3, 0.4) is 0 Å². The quantitative estimate of drug-likeness (QED) is 0.687. The molecule has 1 amide bonds. The summed E-state index contributed by atoms with van der Waals surface area (Å²) in [7, 11) is -2.29. The number of rotatable bonds is 5. The predicted octanol–water partition coefficient (Wildman–Crippen LogP) is 4.15. The van der Waals surface area contributed by atoms with Crippen molar-refractivity contribution in [3.63, 3.8) is 0 Å². The standard InChI is InChI=1S/C19H20BrClN2O4S/c1-27-18-9-8-14(11-16(18)21)28(25,26)23-10-4-5-13(12-23)19(24)22-17-7-3-2-6-15(17)20/h2-3,6-9,11,13H,4-5,10,12H2,1H3,(H,22,24). The number of methoxy groups -OCH3 is 1. The van der Waals surface area contributed by atoms with Gasteiger partial charge in [-0.2, -0.15) is 4.31 Å². The van der Waals surface area contributed by atoms with Crippen molar-refractivity contribution in [2.24, 2.45) is 5.92 Å². The smallest absolute Gasteiger partial charge is 0.243 e. The predicted molar refractivity (Wildman–Crippen MR) is 112 cm³/mol. The molecule has 0 bridgehead atoms. The Morgan fingerprint density at radius 1 is 1.29 bits per heavy atom. The van der Waals surface area contributed by atoms with E-state index in [9.17, 15) is 13.2 Å². The molecule has 1 unspecified atom stereocenters. The first-order chi connectivity index (χ1) is 13.3. The summed E-state index contributed by atoms with van der Waals surface area (Å²) in [5.74, 6) is -0.214. The third-order valence-electron chi connectivity index (χ3n) is 4.65. The fraction of sp³-hybridized carbons (Fsp3) is 0.316. The summed E-state index contributed by atoms with van der Waals surface area (Å²) in [6.07, 6.45) is 1.24. The van der Waals surface area contributed by atoms with Gasteiger partial charge in [0, 0.05) is 17.6 Å². The highest BCUT2D eigenvalue weighted by atomic mass is 79.9. The molecule has 1 atom stereocenters. The number of sulfonamides is 1. The minimum Gasteiger partial charge on any atom is -0.495 e. The number of piperidine rings is 1. The van der Waals surface area contributed by atoms with E-state index in [2.05, 4.69) is 21.2 Å². The second-order valence-electron chi connectivity index (χ2n) is 6.47. The number of ether oxygens (including phenoxy) is 1. The molecule has 2 aromatic rings. The highest BCUT2D eigenvalue weighted by Gasteiger charge is 2.33. The molecule has 3 rings (SSSR count). The Bertz CT molecular complexity index is 984. The van der Waals surface area contributed by atoms with E-state index in [4.69, 9.17) is 16.3 Å². The number of anilines is 1. The van der Waals surface area contributed by atoms with Gasteiger partial charge in [-0.25, -0.2) is 8.42 Å². The van der Waals surface area contributed by atoms with E-state index < -0.39 is 15.9 Å². The van der Waals surface area contributed by atoms with Crippen molar-refractivity contribution >= 4 is 49.1 Å². The van der Waals surface area contributed by atoms with Crippen LogP contribution >= 0.6 is 27.5 Å². The maximum Gasteiger partial charge on any atom is 0.243 e. The summed E-state index contributed by atoms with van der Waals surface area (Å²) >= 11 is 9.48. The summed E-state index contributed by atoms with van der Waals surface area (Å²) in [6.45, 7) is 0.493. The normalized spacial score (nSPS) is 17.9. The van der Waals surface area contributed by atoms with Gasteiger partial charge in [-0.15, -0.1) is 0 Å². The fourth-order valence-corrected chi connectivity index (χ4v) is 5.39. The highest BCUT2D eigenvalue weighted by molar-refractivity contribution is 9.10. The Hall–Kier alpha value is -1.61. The molecular formula is C19H20BrClN2O4S. The first-order valence-corrected chi connectivity index (χ1v) is 11.3. The average Bonchev–Trinajstić information content (AvgIpc) is 2.69. The lowest BCUT2D eigenvalue weighted by Crippen LogP contribution is -2.43. The molecule has 2 aromatic carbocycles. The van der Waals surface area contributed by atoms with Crippen molar-refractivity contribution in [3.8, 4) is 5.75 Å². The van der Waals surface area contributed by atoms with E-state index in [1.54, 1.807) is 6.07 Å². The third-order valence-corrected chi connectivity index (χ3v) is 7.50. The van der Waals surface area contributed by atoms with Gasteiger partial charge in [-0.3, -0.25) is 4.79 Å². The third kappa shape index (κ3) is 4.51. The van der Waals surface area contributed by atoms with Crippen LogP contribution in [0.5, 0.6) is 5.75 Å². The molecule has 28 heavy (non-hydrogen) atoms. The van der Waals surface area contributed by atoms with Crippen LogP contribution in [0.25, 0.3) is 0 Å². The van der Waals surface area contributed by atoms with E-state index in [1.165, 1.54) is 29.6 Å². The Morgan fingerprint density at radius 3 is 2.71 bits per heavy atom. The molecule has 0 aromatic heterocycles. The topological polar surface area (TPSA) is 75.7 Å². The molecule has 1 fully saturated rings. The fourth-order valence-electron chi connectivity index (χ4n) is 3.13. The van der Waals surface area contributed by atoms with Gasteiger partial charge >= 0.3 is 0 Å². The zero-order valence-electron chi connectivity index (χ0n) is 15.2. The molecule has 0 radical (unpaired) electrons. The minimum atomic E-state index is -3.75. The number of carbonyl (C=O) groups excluding carboxylic acids is 1. The Labute approximate surface area is 178 Å². The lowest BCUT2D eigenvalue weighted by atomic mass is 9.99. The number of benzene rings is 2. The van der Waals surface area contributed by atoms with Crippen molar-refractivity contribution in [2.75, 3.05) is 25.5 Å². The van der Waals surface area contributed by atoms with Crippen LogP contribution in [0.15, 0.2) is 51.8 Å². The van der Waals surface area contributed by atoms with Gasteiger partial charge in [0.1, 0.15) is 5.75 Å². The zero-order valence-corrected chi connectivity index (χ0v) is 18.4. The van der Waals surface area contributed by atoms with E-state index in [0.29, 0.717) is 30.8 Å². The molecular weight excluding hydrogens is 468 g/mol. The summed E-state index contributed by atoms with van der Waals surface area (Å²) < 4.78 is 33.2. The summed E-state index contributed by atoms with van der Waals surface area (Å²) in [6, 6.07) is 11.7. The van der Waals surface area contributed by atoms with E-state index in [1.807, 2.05) is 18.2 Å². The first-order valence-electron chi connectivity index (χ1n) is 8.72. The van der Waals surface area contributed by atoms with Crippen molar-refractivity contribution < 1.29 is 17.9 Å². The Morgan fingerprint density at radius 2 is 2.04 bits per heavy atom. The lowest BCUT2D eigenvalue weighted by molar-refractivity contribution is -0.120. The van der Waals surface area contributed by atoms with Gasteiger partial charge in [0.25, 0.3) is 0 Å². The van der Waals surface area contributed by atoms with Crippen LogP contribution in [0.1, 0.15) is 12.8 Å². The molecule has 0 aliphatic carbocycles. The maximum atomic E-state index is 13.0. The van der Waals surface area contributed by atoms with Gasteiger partial charge in [0.15, 0.2) is 0 Å². The molecule has 1 saturated heterocycles. The molecule has 1 aliphatic rings. The van der Waals surface area contributed by atoms with Gasteiger partial charge in [0.05, 0.1) is 28.6 Å². The Balaban J connectivity index is 1.76. The van der Waals surface area contributed by atoms with Crippen LogP contribution < -0.4 is 10.1 Å². The van der Waals surface area contributed by atoms with Crippen LogP contribution in [-0.4, -0.2) is 38.8 Å². The van der Waals surface area contributed by atoms with Crippen LogP contribution in [0.2, 0.25) is 5.02 Å². The van der Waals surface area contributed by atoms with Gasteiger partial charge < -0.3 is 10.1 Å². The maximum absolute atomic E-state index is 13.0. The lowest BCUT2D eigenvalue weighted by Gasteiger charge is -2.31. The zero-order chi connectivity index (χ0) is 20.3.